The summed E-state index contributed by atoms with van der Waals surface area (Å²) in [5, 5.41) is 21.0. The minimum atomic E-state index is -0.951. The van der Waals surface area contributed by atoms with Gasteiger partial charge in [-0.05, 0) is 49.6 Å². The third kappa shape index (κ3) is 3.77. The molecule has 2 N–H and O–H groups in total. The van der Waals surface area contributed by atoms with Crippen molar-refractivity contribution in [1.29, 1.82) is 0 Å². The van der Waals surface area contributed by atoms with Crippen LogP contribution in [-0.4, -0.2) is 40.3 Å². The van der Waals surface area contributed by atoms with E-state index in [-0.39, 0.29) is 0 Å². The number of nitrogens with zero attached hydrogens (tertiary/aromatic N) is 1. The molecule has 1 spiro atoms. The molecule has 4 nitrogen and oxygen atoms in total. The van der Waals surface area contributed by atoms with Gasteiger partial charge in [0.25, 0.3) is 0 Å². The Kier molecular flexibility index (Phi) is 5.12. The molecule has 2 aliphatic heterocycles. The first-order valence-electron chi connectivity index (χ1n) is 9.68. The van der Waals surface area contributed by atoms with Crippen molar-refractivity contribution in [2.75, 3.05) is 19.6 Å². The second-order valence-electron chi connectivity index (χ2n) is 8.04. The van der Waals surface area contributed by atoms with Crippen molar-refractivity contribution in [2.45, 2.75) is 44.0 Å². The van der Waals surface area contributed by atoms with Gasteiger partial charge < -0.3 is 19.8 Å². The smallest absolute Gasteiger partial charge is 0.159 e. The van der Waals surface area contributed by atoms with E-state index in [0.717, 1.165) is 41.9 Å². The van der Waals surface area contributed by atoms with E-state index < -0.39 is 29.4 Å². The van der Waals surface area contributed by atoms with Crippen molar-refractivity contribution in [1.82, 2.24) is 4.90 Å². The Hall–Kier alpha value is -2.02. The predicted octanol–water partition coefficient (Wildman–Crippen LogP) is 3.66. The lowest BCUT2D eigenvalue weighted by Gasteiger charge is -2.46. The topological polar surface area (TPSA) is 52.9 Å². The quantitative estimate of drug-likeness (QED) is 0.841. The monoisotopic (exact) mass is 389 g/mol. The molecular formula is C22H25F2NO3. The Balaban J connectivity index is 1.39. The van der Waals surface area contributed by atoms with Gasteiger partial charge in [-0.2, -0.15) is 0 Å². The Morgan fingerprint density at radius 3 is 2.61 bits per heavy atom. The molecule has 0 radical (unpaired) electrons. The Labute approximate surface area is 163 Å². The molecule has 0 unspecified atom stereocenters. The van der Waals surface area contributed by atoms with E-state index in [9.17, 15) is 19.0 Å². The Morgan fingerprint density at radius 2 is 1.89 bits per heavy atom. The molecule has 0 aromatic heterocycles. The molecule has 1 saturated heterocycles. The van der Waals surface area contributed by atoms with E-state index in [1.807, 2.05) is 25.1 Å². The van der Waals surface area contributed by atoms with Crippen molar-refractivity contribution in [3.05, 3.63) is 64.7 Å². The fourth-order valence-electron chi connectivity index (χ4n) is 4.28. The molecule has 0 amide bonds. The predicted molar refractivity (Wildman–Crippen MR) is 101 cm³/mol. The number of aryl methyl sites for hydroxylation is 1. The first-order valence-corrected chi connectivity index (χ1v) is 9.68. The average molecular weight is 389 g/mol. The highest BCUT2D eigenvalue weighted by molar-refractivity contribution is 5.41. The van der Waals surface area contributed by atoms with Crippen LogP contribution in [0.25, 0.3) is 0 Å². The number of piperidine rings is 1. The fraction of sp³-hybridized carbons (Fsp3) is 0.455. The van der Waals surface area contributed by atoms with Crippen LogP contribution in [0.1, 0.15) is 48.2 Å². The zero-order chi connectivity index (χ0) is 19.9. The van der Waals surface area contributed by atoms with E-state index in [1.165, 1.54) is 6.07 Å². The van der Waals surface area contributed by atoms with Gasteiger partial charge in [-0.15, -0.1) is 0 Å². The summed E-state index contributed by atoms with van der Waals surface area (Å²) in [4.78, 5) is 2.09. The lowest BCUT2D eigenvalue weighted by molar-refractivity contribution is -0.0588. The second-order valence-corrected chi connectivity index (χ2v) is 8.04. The van der Waals surface area contributed by atoms with Gasteiger partial charge in [-0.3, -0.25) is 0 Å². The number of halogens is 2. The average Bonchev–Trinajstić information content (AvgIpc) is 2.67. The molecule has 1 fully saturated rings. The van der Waals surface area contributed by atoms with Gasteiger partial charge in [0.15, 0.2) is 11.6 Å². The van der Waals surface area contributed by atoms with Crippen molar-refractivity contribution in [3.63, 3.8) is 0 Å². The number of rotatable bonds is 3. The van der Waals surface area contributed by atoms with Gasteiger partial charge in [0.05, 0.1) is 12.2 Å². The summed E-state index contributed by atoms with van der Waals surface area (Å²) < 4.78 is 32.8. The molecule has 28 heavy (non-hydrogen) atoms. The summed E-state index contributed by atoms with van der Waals surface area (Å²) in [6.07, 6.45) is 0.612. The summed E-state index contributed by atoms with van der Waals surface area (Å²) in [7, 11) is 0. The molecule has 0 saturated carbocycles. The number of β-amino-alcohol motifs (C(OH)–C–C–N with tert-alkyl or cyclic N) is 1. The van der Waals surface area contributed by atoms with Crippen LogP contribution in [0.15, 0.2) is 36.4 Å². The van der Waals surface area contributed by atoms with Crippen LogP contribution >= 0.6 is 0 Å². The summed E-state index contributed by atoms with van der Waals surface area (Å²) in [5.74, 6) is -1.12. The molecule has 2 atom stereocenters. The molecule has 2 heterocycles. The van der Waals surface area contributed by atoms with Gasteiger partial charge in [-0.25, -0.2) is 8.78 Å². The number of aliphatic hydroxyl groups excluding tert-OH is 2. The maximum atomic E-state index is 13.4. The minimum absolute atomic E-state index is 0.347. The standard InChI is InChI=1S/C22H25F2NO3/c1-14-2-5-21-16(10-14)19(26)12-22(28-21)6-8-25(9-7-22)13-20(27)15-3-4-17(23)18(24)11-15/h2-5,10-11,19-20,26-27H,6-9,12-13H2,1H3/t19-,20-/m1/s1. The van der Waals surface area contributed by atoms with E-state index in [1.54, 1.807) is 0 Å². The van der Waals surface area contributed by atoms with Gasteiger partial charge in [0, 0.05) is 31.6 Å². The maximum Gasteiger partial charge on any atom is 0.159 e. The van der Waals surface area contributed by atoms with E-state index in [4.69, 9.17) is 4.74 Å². The normalized spacial score (nSPS) is 22.5. The van der Waals surface area contributed by atoms with Crippen molar-refractivity contribution >= 4 is 0 Å². The minimum Gasteiger partial charge on any atom is -0.487 e. The van der Waals surface area contributed by atoms with Crippen molar-refractivity contribution in [3.8, 4) is 5.75 Å². The largest absolute Gasteiger partial charge is 0.487 e. The number of hydrogen-bond donors (Lipinski definition) is 2. The maximum absolute atomic E-state index is 13.4. The van der Waals surface area contributed by atoms with Gasteiger partial charge in [0.1, 0.15) is 11.4 Å². The molecule has 2 aromatic carbocycles. The molecule has 0 aliphatic carbocycles. The summed E-state index contributed by atoms with van der Waals surface area (Å²) >= 11 is 0. The number of aliphatic hydroxyl groups is 2. The molecule has 150 valence electrons. The number of ether oxygens (including phenoxy) is 1. The second kappa shape index (κ2) is 7.43. The van der Waals surface area contributed by atoms with Crippen LogP contribution in [0, 0.1) is 18.6 Å². The van der Waals surface area contributed by atoms with E-state index in [0.29, 0.717) is 31.6 Å². The van der Waals surface area contributed by atoms with Crippen molar-refractivity contribution in [2.24, 2.45) is 0 Å². The zero-order valence-corrected chi connectivity index (χ0v) is 15.9. The van der Waals surface area contributed by atoms with Gasteiger partial charge >= 0.3 is 0 Å². The summed E-state index contributed by atoms with van der Waals surface area (Å²) in [6, 6.07) is 9.38. The lowest BCUT2D eigenvalue weighted by atomic mass is 9.81. The number of fused-ring (bicyclic) bond motifs is 1. The fourth-order valence-corrected chi connectivity index (χ4v) is 4.28. The molecule has 4 rings (SSSR count). The number of hydrogen-bond acceptors (Lipinski definition) is 4. The Bertz CT molecular complexity index is 865. The van der Waals surface area contributed by atoms with Gasteiger partial charge in [0.2, 0.25) is 0 Å². The van der Waals surface area contributed by atoms with Crippen LogP contribution in [0.3, 0.4) is 0 Å². The van der Waals surface area contributed by atoms with Crippen LogP contribution in [-0.2, 0) is 0 Å². The third-order valence-corrected chi connectivity index (χ3v) is 5.94. The SMILES string of the molecule is Cc1ccc2c(c1)[C@H](O)CC1(CCN(C[C@@H](O)c3ccc(F)c(F)c3)CC1)O2. The molecule has 2 aliphatic rings. The first kappa shape index (κ1) is 19.3. The van der Waals surface area contributed by atoms with E-state index in [2.05, 4.69) is 4.90 Å². The summed E-state index contributed by atoms with van der Waals surface area (Å²) in [5.41, 5.74) is 1.92. The number of benzene rings is 2. The van der Waals surface area contributed by atoms with Crippen LogP contribution in [0.4, 0.5) is 8.78 Å². The highest BCUT2D eigenvalue weighted by atomic mass is 19.2. The first-order chi connectivity index (χ1) is 13.3. The highest BCUT2D eigenvalue weighted by Crippen LogP contribution is 2.44. The van der Waals surface area contributed by atoms with Crippen LogP contribution in [0.2, 0.25) is 0 Å². The molecule has 2 aromatic rings. The van der Waals surface area contributed by atoms with Crippen LogP contribution in [0.5, 0.6) is 5.75 Å². The highest BCUT2D eigenvalue weighted by Gasteiger charge is 2.43. The molecular weight excluding hydrogens is 364 g/mol. The molecule has 6 heteroatoms. The third-order valence-electron chi connectivity index (χ3n) is 5.94. The number of likely N-dealkylation sites (tertiary alicyclic amines) is 1. The summed E-state index contributed by atoms with van der Waals surface area (Å²) in [6.45, 7) is 3.75. The lowest BCUT2D eigenvalue weighted by Crippen LogP contribution is -2.51. The van der Waals surface area contributed by atoms with Crippen molar-refractivity contribution < 1.29 is 23.7 Å². The van der Waals surface area contributed by atoms with E-state index >= 15 is 0 Å². The Morgan fingerprint density at radius 1 is 1.14 bits per heavy atom. The molecule has 0 bridgehead atoms. The van der Waals surface area contributed by atoms with Crippen LogP contribution < -0.4 is 4.74 Å². The zero-order valence-electron chi connectivity index (χ0n) is 15.9. The van der Waals surface area contributed by atoms with Gasteiger partial charge in [-0.1, -0.05) is 17.7 Å².